The van der Waals surface area contributed by atoms with Gasteiger partial charge < -0.3 is 10.1 Å². The molecule has 1 aromatic heterocycles. The molecule has 1 aliphatic rings. The van der Waals surface area contributed by atoms with Crippen molar-refractivity contribution in [3.05, 3.63) is 29.3 Å². The molecule has 0 aliphatic heterocycles. The zero-order valence-corrected chi connectivity index (χ0v) is 16.0. The minimum Gasteiger partial charge on any atom is -0.492 e. The number of carbonyl (C=O) groups excluding carboxylic acids is 1. The molecule has 1 saturated carbocycles. The fourth-order valence-electron chi connectivity index (χ4n) is 2.91. The lowest BCUT2D eigenvalue weighted by Crippen LogP contribution is -2.29. The number of amides is 1. The van der Waals surface area contributed by atoms with E-state index in [1.54, 1.807) is 24.3 Å². The van der Waals surface area contributed by atoms with E-state index >= 15 is 0 Å². The van der Waals surface area contributed by atoms with E-state index in [0.717, 1.165) is 18.6 Å². The molecule has 140 valence electrons. The number of benzene rings is 1. The normalized spacial score (nSPS) is 15.0. The third kappa shape index (κ3) is 5.60. The van der Waals surface area contributed by atoms with Gasteiger partial charge in [0.25, 0.3) is 0 Å². The van der Waals surface area contributed by atoms with Crippen molar-refractivity contribution in [2.45, 2.75) is 43.3 Å². The maximum atomic E-state index is 12.0. The van der Waals surface area contributed by atoms with Crippen LogP contribution in [0.2, 0.25) is 5.02 Å². The van der Waals surface area contributed by atoms with E-state index in [1.165, 1.54) is 31.0 Å². The van der Waals surface area contributed by atoms with E-state index in [1.807, 2.05) is 4.68 Å². The molecule has 26 heavy (non-hydrogen) atoms. The second-order valence-corrected chi connectivity index (χ2v) is 7.52. The summed E-state index contributed by atoms with van der Waals surface area (Å²) in [7, 11) is 0. The van der Waals surface area contributed by atoms with Crippen LogP contribution in [0.4, 0.5) is 0 Å². The number of aromatic nitrogens is 4. The van der Waals surface area contributed by atoms with E-state index in [-0.39, 0.29) is 11.7 Å². The van der Waals surface area contributed by atoms with Crippen LogP contribution < -0.4 is 10.1 Å². The Balaban J connectivity index is 1.36. The fraction of sp³-hybridized carbons (Fsp3) is 0.529. The number of carbonyl (C=O) groups is 1. The SMILES string of the molecule is O=C(CSc1nnnn1C1CCCCC1)NCCOc1ccc(Cl)cc1. The number of hydrogen-bond donors (Lipinski definition) is 1. The highest BCUT2D eigenvalue weighted by molar-refractivity contribution is 7.99. The number of hydrogen-bond acceptors (Lipinski definition) is 6. The Labute approximate surface area is 161 Å². The lowest BCUT2D eigenvalue weighted by Gasteiger charge is -2.21. The first-order valence-electron chi connectivity index (χ1n) is 8.78. The highest BCUT2D eigenvalue weighted by Crippen LogP contribution is 2.30. The molecule has 0 bridgehead atoms. The van der Waals surface area contributed by atoms with Gasteiger partial charge in [-0.2, -0.15) is 0 Å². The summed E-state index contributed by atoms with van der Waals surface area (Å²) in [5.41, 5.74) is 0. The summed E-state index contributed by atoms with van der Waals surface area (Å²) in [6, 6.07) is 7.48. The molecule has 9 heteroatoms. The average molecular weight is 396 g/mol. The van der Waals surface area contributed by atoms with Crippen molar-refractivity contribution in [3.63, 3.8) is 0 Å². The van der Waals surface area contributed by atoms with Gasteiger partial charge in [0.1, 0.15) is 12.4 Å². The maximum Gasteiger partial charge on any atom is 0.230 e. The molecule has 0 unspecified atom stereocenters. The minimum absolute atomic E-state index is 0.0621. The van der Waals surface area contributed by atoms with Crippen LogP contribution in [0.3, 0.4) is 0 Å². The van der Waals surface area contributed by atoms with Crippen molar-refractivity contribution in [3.8, 4) is 5.75 Å². The highest BCUT2D eigenvalue weighted by Gasteiger charge is 2.20. The number of rotatable bonds is 8. The molecule has 2 aromatic rings. The molecular formula is C17H22ClN5O2S. The van der Waals surface area contributed by atoms with Gasteiger partial charge in [0.15, 0.2) is 0 Å². The summed E-state index contributed by atoms with van der Waals surface area (Å²) in [6.45, 7) is 0.841. The van der Waals surface area contributed by atoms with Gasteiger partial charge in [-0.05, 0) is 47.5 Å². The molecule has 3 rings (SSSR count). The smallest absolute Gasteiger partial charge is 0.230 e. The van der Waals surface area contributed by atoms with Crippen molar-refractivity contribution < 1.29 is 9.53 Å². The number of halogens is 1. The first kappa shape index (κ1) is 19.0. The van der Waals surface area contributed by atoms with Crippen LogP contribution in [0.5, 0.6) is 5.75 Å². The van der Waals surface area contributed by atoms with E-state index in [4.69, 9.17) is 16.3 Å². The molecule has 0 radical (unpaired) electrons. The first-order valence-corrected chi connectivity index (χ1v) is 10.1. The van der Waals surface area contributed by atoms with E-state index < -0.39 is 0 Å². The lowest BCUT2D eigenvalue weighted by atomic mass is 9.96. The predicted octanol–water partition coefficient (Wildman–Crippen LogP) is 3.12. The highest BCUT2D eigenvalue weighted by atomic mass is 35.5. The van der Waals surface area contributed by atoms with Crippen LogP contribution in [0, 0.1) is 0 Å². The zero-order chi connectivity index (χ0) is 18.2. The largest absolute Gasteiger partial charge is 0.492 e. The first-order chi connectivity index (χ1) is 12.7. The average Bonchev–Trinajstić information content (AvgIpc) is 3.14. The summed E-state index contributed by atoms with van der Waals surface area (Å²) in [6.07, 6.45) is 5.91. The van der Waals surface area contributed by atoms with Gasteiger partial charge in [-0.3, -0.25) is 4.79 Å². The van der Waals surface area contributed by atoms with Gasteiger partial charge in [-0.15, -0.1) is 5.10 Å². The Bertz CT molecular complexity index is 703. The summed E-state index contributed by atoms with van der Waals surface area (Å²) < 4.78 is 7.42. The van der Waals surface area contributed by atoms with Crippen LogP contribution in [0.15, 0.2) is 29.4 Å². The number of nitrogens with one attached hydrogen (secondary N) is 1. The molecule has 1 heterocycles. The number of ether oxygens (including phenoxy) is 1. The van der Waals surface area contributed by atoms with Crippen LogP contribution in [0.1, 0.15) is 38.1 Å². The van der Waals surface area contributed by atoms with Crippen molar-refractivity contribution in [2.24, 2.45) is 0 Å². The summed E-state index contributed by atoms with van der Waals surface area (Å²) >= 11 is 7.19. The van der Waals surface area contributed by atoms with Crippen LogP contribution in [0.25, 0.3) is 0 Å². The summed E-state index contributed by atoms with van der Waals surface area (Å²) in [5.74, 6) is 0.950. The molecule has 1 amide bonds. The number of thioether (sulfide) groups is 1. The lowest BCUT2D eigenvalue weighted by molar-refractivity contribution is -0.118. The Hall–Kier alpha value is -1.80. The standard InChI is InChI=1S/C17H22ClN5O2S/c18-13-6-8-15(9-7-13)25-11-10-19-16(24)12-26-17-20-21-22-23(17)14-4-2-1-3-5-14/h6-9,14H,1-5,10-12H2,(H,19,24). The van der Waals surface area contributed by atoms with Gasteiger partial charge in [-0.25, -0.2) is 4.68 Å². The Kier molecular flexibility index (Phi) is 7.13. The van der Waals surface area contributed by atoms with Crippen molar-refractivity contribution in [1.29, 1.82) is 0 Å². The third-order valence-electron chi connectivity index (χ3n) is 4.22. The van der Waals surface area contributed by atoms with Crippen LogP contribution in [-0.2, 0) is 4.79 Å². The Morgan fingerprint density at radius 3 is 2.81 bits per heavy atom. The molecule has 1 aromatic carbocycles. The molecule has 1 N–H and O–H groups in total. The van der Waals surface area contributed by atoms with Crippen LogP contribution in [-0.4, -0.2) is 45.0 Å². The van der Waals surface area contributed by atoms with E-state index in [0.29, 0.717) is 29.4 Å². The number of nitrogens with zero attached hydrogens (tertiary/aromatic N) is 4. The molecule has 7 nitrogen and oxygen atoms in total. The van der Waals surface area contributed by atoms with Gasteiger partial charge in [0.05, 0.1) is 18.3 Å². The van der Waals surface area contributed by atoms with Crippen molar-refractivity contribution >= 4 is 29.3 Å². The van der Waals surface area contributed by atoms with Crippen molar-refractivity contribution in [1.82, 2.24) is 25.5 Å². The molecule has 1 fully saturated rings. The van der Waals surface area contributed by atoms with Crippen LogP contribution >= 0.6 is 23.4 Å². The van der Waals surface area contributed by atoms with Gasteiger partial charge in [0.2, 0.25) is 11.1 Å². The van der Waals surface area contributed by atoms with Gasteiger partial charge in [0, 0.05) is 5.02 Å². The topological polar surface area (TPSA) is 81.9 Å². The summed E-state index contributed by atoms with van der Waals surface area (Å²) in [4.78, 5) is 12.0. The molecule has 1 aliphatic carbocycles. The molecule has 0 spiro atoms. The molecular weight excluding hydrogens is 374 g/mol. The van der Waals surface area contributed by atoms with E-state index in [2.05, 4.69) is 20.8 Å². The van der Waals surface area contributed by atoms with E-state index in [9.17, 15) is 4.79 Å². The molecule has 0 atom stereocenters. The maximum absolute atomic E-state index is 12.0. The monoisotopic (exact) mass is 395 g/mol. The van der Waals surface area contributed by atoms with Gasteiger partial charge in [-0.1, -0.05) is 42.6 Å². The summed E-state index contributed by atoms with van der Waals surface area (Å²) in [5, 5.41) is 16.1. The zero-order valence-electron chi connectivity index (χ0n) is 14.4. The van der Waals surface area contributed by atoms with Gasteiger partial charge >= 0.3 is 0 Å². The predicted molar refractivity (Wildman–Crippen MR) is 101 cm³/mol. The fourth-order valence-corrected chi connectivity index (χ4v) is 3.81. The Morgan fingerprint density at radius 2 is 2.04 bits per heavy atom. The minimum atomic E-state index is -0.0621. The van der Waals surface area contributed by atoms with Crippen molar-refractivity contribution in [2.75, 3.05) is 18.9 Å². The third-order valence-corrected chi connectivity index (χ3v) is 5.41. The number of tetrazole rings is 1. The second-order valence-electron chi connectivity index (χ2n) is 6.14. The molecule has 0 saturated heterocycles. The second kappa shape index (κ2) is 9.78. The quantitative estimate of drug-likeness (QED) is 0.546. The Morgan fingerprint density at radius 1 is 1.27 bits per heavy atom.